The van der Waals surface area contributed by atoms with Crippen LogP contribution in [0.3, 0.4) is 0 Å². The highest BCUT2D eigenvalue weighted by Crippen LogP contribution is 2.23. The second kappa shape index (κ2) is 6.37. The molecule has 2 heterocycles. The molecule has 1 fully saturated rings. The summed E-state index contributed by atoms with van der Waals surface area (Å²) in [6.07, 6.45) is 3.17. The molecule has 1 aromatic heterocycles. The summed E-state index contributed by atoms with van der Waals surface area (Å²) >= 11 is 1.33. The van der Waals surface area contributed by atoms with Crippen LogP contribution < -0.4 is 5.32 Å². The van der Waals surface area contributed by atoms with E-state index in [1.807, 2.05) is 0 Å². The largest absolute Gasteiger partial charge is 0.299 e. The number of rotatable bonds is 5. The fourth-order valence-electron chi connectivity index (χ4n) is 2.32. The number of carbonyl (C=O) groups excluding carboxylic acids is 1. The molecule has 9 heteroatoms. The van der Waals surface area contributed by atoms with E-state index in [-0.39, 0.29) is 5.91 Å². The zero-order valence-corrected chi connectivity index (χ0v) is 14.0. The maximum atomic E-state index is 12.2. The highest BCUT2D eigenvalue weighted by atomic mass is 32.2. The van der Waals surface area contributed by atoms with Crippen molar-refractivity contribution in [1.29, 1.82) is 0 Å². The number of nitrogens with zero attached hydrogens (tertiary/aromatic N) is 3. The monoisotopic (exact) mass is 332 g/mol. The second-order valence-corrected chi connectivity index (χ2v) is 8.62. The maximum Gasteiger partial charge on any atom is 0.244 e. The molecule has 1 saturated heterocycles. The van der Waals surface area contributed by atoms with Gasteiger partial charge in [0.25, 0.3) is 0 Å². The molecule has 21 heavy (non-hydrogen) atoms. The third-order valence-electron chi connectivity index (χ3n) is 3.21. The van der Waals surface area contributed by atoms with E-state index in [4.69, 9.17) is 0 Å². The van der Waals surface area contributed by atoms with Crippen LogP contribution in [0, 0.1) is 5.92 Å². The van der Waals surface area contributed by atoms with Crippen molar-refractivity contribution in [3.05, 3.63) is 5.01 Å². The Bertz CT molecular complexity index is 612. The summed E-state index contributed by atoms with van der Waals surface area (Å²) in [7, 11) is -3.36. The maximum absolute atomic E-state index is 12.2. The van der Waals surface area contributed by atoms with Crippen LogP contribution in [-0.4, -0.2) is 47.7 Å². The number of anilines is 1. The van der Waals surface area contributed by atoms with Gasteiger partial charge in [0.1, 0.15) is 11.0 Å². The van der Waals surface area contributed by atoms with Crippen LogP contribution in [-0.2, 0) is 21.2 Å². The zero-order valence-electron chi connectivity index (χ0n) is 12.4. The van der Waals surface area contributed by atoms with Crippen LogP contribution in [0.15, 0.2) is 0 Å². The molecule has 7 nitrogen and oxygen atoms in total. The van der Waals surface area contributed by atoms with Crippen molar-refractivity contribution in [3.8, 4) is 0 Å². The lowest BCUT2D eigenvalue weighted by Crippen LogP contribution is -2.42. The molecule has 0 aliphatic carbocycles. The number of amides is 1. The van der Waals surface area contributed by atoms with E-state index in [9.17, 15) is 13.2 Å². The molecular formula is C12H20N4O3S2. The predicted octanol–water partition coefficient (Wildman–Crippen LogP) is 1.10. The van der Waals surface area contributed by atoms with Crippen LogP contribution >= 0.6 is 11.3 Å². The van der Waals surface area contributed by atoms with E-state index in [1.165, 1.54) is 15.6 Å². The fraction of sp³-hybridized carbons (Fsp3) is 0.750. The van der Waals surface area contributed by atoms with Crippen molar-refractivity contribution in [2.24, 2.45) is 5.92 Å². The van der Waals surface area contributed by atoms with Gasteiger partial charge in [-0.15, -0.1) is 10.2 Å². The summed E-state index contributed by atoms with van der Waals surface area (Å²) in [4.78, 5) is 12.2. The van der Waals surface area contributed by atoms with Gasteiger partial charge in [0.05, 0.1) is 6.26 Å². The molecule has 1 aromatic rings. The molecular weight excluding hydrogens is 312 g/mol. The van der Waals surface area contributed by atoms with Crippen LogP contribution in [0.2, 0.25) is 0 Å². The van der Waals surface area contributed by atoms with Gasteiger partial charge < -0.3 is 0 Å². The summed E-state index contributed by atoms with van der Waals surface area (Å²) in [5.74, 6) is 0.141. The van der Waals surface area contributed by atoms with Crippen LogP contribution in [0.4, 0.5) is 5.13 Å². The predicted molar refractivity (Wildman–Crippen MR) is 81.7 cm³/mol. The van der Waals surface area contributed by atoms with Crippen molar-refractivity contribution in [3.63, 3.8) is 0 Å². The molecule has 2 rings (SSSR count). The average molecular weight is 332 g/mol. The summed E-state index contributed by atoms with van der Waals surface area (Å²) in [5, 5.41) is 11.9. The van der Waals surface area contributed by atoms with Crippen LogP contribution in [0.25, 0.3) is 0 Å². The molecule has 1 aliphatic heterocycles. The van der Waals surface area contributed by atoms with Gasteiger partial charge in [-0.25, -0.2) is 8.42 Å². The van der Waals surface area contributed by atoms with Gasteiger partial charge in [-0.2, -0.15) is 4.31 Å². The van der Waals surface area contributed by atoms with E-state index >= 15 is 0 Å². The first-order valence-electron chi connectivity index (χ1n) is 6.87. The fourth-order valence-corrected chi connectivity index (χ4v) is 4.40. The van der Waals surface area contributed by atoms with Crippen molar-refractivity contribution >= 4 is 32.4 Å². The SMILES string of the molecule is CC(C)Cc1nnc(NC(=O)[C@@H]2CCCN2S(C)(=O)=O)s1. The van der Waals surface area contributed by atoms with Crippen molar-refractivity contribution in [2.75, 3.05) is 18.1 Å². The van der Waals surface area contributed by atoms with Gasteiger partial charge in [0.2, 0.25) is 21.1 Å². The van der Waals surface area contributed by atoms with E-state index in [2.05, 4.69) is 29.4 Å². The van der Waals surface area contributed by atoms with E-state index in [0.717, 1.165) is 17.7 Å². The Morgan fingerprint density at radius 3 is 2.81 bits per heavy atom. The molecule has 0 aromatic carbocycles. The quantitative estimate of drug-likeness (QED) is 0.871. The molecule has 0 saturated carbocycles. The molecule has 0 unspecified atom stereocenters. The minimum Gasteiger partial charge on any atom is -0.299 e. The number of hydrogen-bond acceptors (Lipinski definition) is 6. The molecule has 1 N–H and O–H groups in total. The molecule has 0 spiro atoms. The van der Waals surface area contributed by atoms with Gasteiger partial charge in [0, 0.05) is 13.0 Å². The normalized spacial score (nSPS) is 20.1. The Morgan fingerprint density at radius 2 is 2.19 bits per heavy atom. The first-order valence-corrected chi connectivity index (χ1v) is 9.54. The first kappa shape index (κ1) is 16.3. The molecule has 1 aliphatic rings. The van der Waals surface area contributed by atoms with Gasteiger partial charge in [-0.1, -0.05) is 25.2 Å². The van der Waals surface area contributed by atoms with Crippen LogP contribution in [0.1, 0.15) is 31.7 Å². The van der Waals surface area contributed by atoms with E-state index < -0.39 is 16.1 Å². The third-order valence-corrected chi connectivity index (χ3v) is 5.36. The average Bonchev–Trinajstić information content (AvgIpc) is 2.96. The topological polar surface area (TPSA) is 92.3 Å². The van der Waals surface area contributed by atoms with Gasteiger partial charge in [0.15, 0.2) is 0 Å². The number of aromatic nitrogens is 2. The van der Waals surface area contributed by atoms with E-state index in [1.54, 1.807) is 0 Å². The lowest BCUT2D eigenvalue weighted by Gasteiger charge is -2.20. The van der Waals surface area contributed by atoms with Gasteiger partial charge in [-0.3, -0.25) is 10.1 Å². The standard InChI is InChI=1S/C12H20N4O3S2/c1-8(2)7-10-14-15-12(20-10)13-11(17)9-5-4-6-16(9)21(3,18)19/h8-9H,4-7H2,1-3H3,(H,13,15,17)/t9-/m0/s1. The number of hydrogen-bond donors (Lipinski definition) is 1. The lowest BCUT2D eigenvalue weighted by atomic mass is 10.1. The van der Waals surface area contributed by atoms with E-state index in [0.29, 0.717) is 30.4 Å². The Labute approximate surface area is 128 Å². The Kier molecular flexibility index (Phi) is 4.95. The minimum atomic E-state index is -3.36. The summed E-state index contributed by atoms with van der Waals surface area (Å²) in [6, 6.07) is -0.641. The minimum absolute atomic E-state index is 0.329. The zero-order chi connectivity index (χ0) is 15.6. The molecule has 118 valence electrons. The number of nitrogens with one attached hydrogen (secondary N) is 1. The van der Waals surface area contributed by atoms with Crippen molar-refractivity contribution < 1.29 is 13.2 Å². The van der Waals surface area contributed by atoms with Crippen LogP contribution in [0.5, 0.6) is 0 Å². The smallest absolute Gasteiger partial charge is 0.244 e. The summed E-state index contributed by atoms with van der Waals surface area (Å²) in [6.45, 7) is 4.57. The molecule has 0 radical (unpaired) electrons. The van der Waals surface area contributed by atoms with Gasteiger partial charge >= 0.3 is 0 Å². The molecule has 1 atom stereocenters. The second-order valence-electron chi connectivity index (χ2n) is 5.62. The summed E-state index contributed by atoms with van der Waals surface area (Å²) in [5.41, 5.74) is 0. The van der Waals surface area contributed by atoms with Crippen molar-refractivity contribution in [2.45, 2.75) is 39.2 Å². The number of carbonyl (C=O) groups is 1. The Hall–Kier alpha value is -1.06. The molecule has 1 amide bonds. The highest BCUT2D eigenvalue weighted by molar-refractivity contribution is 7.88. The Morgan fingerprint density at radius 1 is 1.48 bits per heavy atom. The first-order chi connectivity index (χ1) is 9.77. The third kappa shape index (κ3) is 4.21. The van der Waals surface area contributed by atoms with Gasteiger partial charge in [-0.05, 0) is 18.8 Å². The molecule has 0 bridgehead atoms. The van der Waals surface area contributed by atoms with Crippen molar-refractivity contribution in [1.82, 2.24) is 14.5 Å². The lowest BCUT2D eigenvalue weighted by molar-refractivity contribution is -0.119. The summed E-state index contributed by atoms with van der Waals surface area (Å²) < 4.78 is 24.5. The highest BCUT2D eigenvalue weighted by Gasteiger charge is 2.36. The Balaban J connectivity index is 2.02. The number of sulfonamides is 1.